The Balaban J connectivity index is 1.36. The second-order valence-corrected chi connectivity index (χ2v) is 7.89. The molecule has 8 heteroatoms. The maximum absolute atomic E-state index is 12.7. The zero-order chi connectivity index (χ0) is 20.2. The first-order valence-corrected chi connectivity index (χ1v) is 10.3. The summed E-state index contributed by atoms with van der Waals surface area (Å²) in [5.41, 5.74) is 1.37. The van der Waals surface area contributed by atoms with Crippen molar-refractivity contribution in [1.29, 1.82) is 0 Å². The van der Waals surface area contributed by atoms with E-state index in [9.17, 15) is 4.79 Å². The smallest absolute Gasteiger partial charge is 0.273 e. The van der Waals surface area contributed by atoms with Gasteiger partial charge in [-0.05, 0) is 42.0 Å². The van der Waals surface area contributed by atoms with Crippen molar-refractivity contribution in [3.05, 3.63) is 69.1 Å². The third-order valence-electron chi connectivity index (χ3n) is 4.32. The van der Waals surface area contributed by atoms with Crippen molar-refractivity contribution in [3.8, 4) is 17.2 Å². The molecule has 150 valence electrons. The van der Waals surface area contributed by atoms with E-state index in [4.69, 9.17) is 25.8 Å². The number of benzene rings is 2. The summed E-state index contributed by atoms with van der Waals surface area (Å²) in [6, 6.07) is 12.8. The van der Waals surface area contributed by atoms with Crippen LogP contribution < -0.4 is 14.2 Å². The Labute approximate surface area is 177 Å². The lowest BCUT2D eigenvalue weighted by Crippen LogP contribution is -2.26. The summed E-state index contributed by atoms with van der Waals surface area (Å²) in [6.07, 6.45) is 0. The van der Waals surface area contributed by atoms with Crippen molar-refractivity contribution in [1.82, 2.24) is 9.88 Å². The minimum atomic E-state index is -0.145. The zero-order valence-electron chi connectivity index (χ0n) is 15.8. The van der Waals surface area contributed by atoms with Gasteiger partial charge in [-0.1, -0.05) is 17.7 Å². The number of aromatic nitrogens is 1. The molecule has 1 amide bonds. The summed E-state index contributed by atoms with van der Waals surface area (Å²) >= 11 is 7.26. The zero-order valence-corrected chi connectivity index (χ0v) is 17.3. The van der Waals surface area contributed by atoms with E-state index in [0.717, 1.165) is 16.3 Å². The fourth-order valence-electron chi connectivity index (χ4n) is 2.88. The van der Waals surface area contributed by atoms with E-state index in [0.29, 0.717) is 48.6 Å². The van der Waals surface area contributed by atoms with Crippen LogP contribution >= 0.6 is 22.9 Å². The third kappa shape index (κ3) is 4.81. The topological polar surface area (TPSA) is 60.9 Å². The molecule has 2 heterocycles. The second kappa shape index (κ2) is 8.71. The lowest BCUT2D eigenvalue weighted by Gasteiger charge is -2.21. The second-order valence-electron chi connectivity index (χ2n) is 6.51. The van der Waals surface area contributed by atoms with E-state index < -0.39 is 0 Å². The van der Waals surface area contributed by atoms with E-state index in [1.54, 1.807) is 41.6 Å². The molecule has 29 heavy (non-hydrogen) atoms. The minimum Gasteiger partial charge on any atom is -0.486 e. The first kappa shape index (κ1) is 19.5. The molecule has 0 saturated heterocycles. The van der Waals surface area contributed by atoms with Crippen LogP contribution in [0.4, 0.5) is 0 Å². The highest BCUT2D eigenvalue weighted by atomic mass is 35.5. The van der Waals surface area contributed by atoms with Crippen LogP contribution in [0.15, 0.2) is 47.8 Å². The quantitative estimate of drug-likeness (QED) is 0.579. The Morgan fingerprint density at radius 2 is 1.93 bits per heavy atom. The average molecular weight is 431 g/mol. The number of fused-ring (bicyclic) bond motifs is 1. The molecule has 0 spiro atoms. The minimum absolute atomic E-state index is 0.145. The summed E-state index contributed by atoms with van der Waals surface area (Å²) in [7, 11) is 1.75. The number of carbonyl (C=O) groups excluding carboxylic acids is 1. The van der Waals surface area contributed by atoms with Crippen molar-refractivity contribution in [2.45, 2.75) is 13.2 Å². The lowest BCUT2D eigenvalue weighted by molar-refractivity contribution is 0.0779. The molecule has 1 aliphatic heterocycles. The van der Waals surface area contributed by atoms with Crippen LogP contribution in [-0.2, 0) is 13.2 Å². The lowest BCUT2D eigenvalue weighted by atomic mass is 10.2. The average Bonchev–Trinajstić information content (AvgIpc) is 3.21. The van der Waals surface area contributed by atoms with Crippen molar-refractivity contribution >= 4 is 28.8 Å². The maximum Gasteiger partial charge on any atom is 0.273 e. The Kier molecular flexibility index (Phi) is 5.87. The highest BCUT2D eigenvalue weighted by Crippen LogP contribution is 2.31. The standard InChI is InChI=1S/C21H19ClN2O4S/c1-24(11-14-2-7-18-19(10-14)27-9-8-26-18)21(25)17-13-29-20(23-17)12-28-16-5-3-15(22)4-6-16/h2-7,10,13H,8-9,11-12H2,1H3. The molecule has 0 aliphatic carbocycles. The first-order chi connectivity index (χ1) is 14.1. The summed E-state index contributed by atoms with van der Waals surface area (Å²) in [4.78, 5) is 18.8. The number of carbonyl (C=O) groups is 1. The molecular formula is C21H19ClN2O4S. The molecule has 0 unspecified atom stereocenters. The van der Waals surface area contributed by atoms with Crippen molar-refractivity contribution in [2.24, 2.45) is 0 Å². The molecule has 0 N–H and O–H groups in total. The van der Waals surface area contributed by atoms with Crippen LogP contribution in [0.2, 0.25) is 5.02 Å². The monoisotopic (exact) mass is 430 g/mol. The fourth-order valence-corrected chi connectivity index (χ4v) is 3.68. The summed E-state index contributed by atoms with van der Waals surface area (Å²) in [6.45, 7) is 1.83. The molecule has 3 aromatic rings. The SMILES string of the molecule is CN(Cc1ccc2c(c1)OCCO2)C(=O)c1csc(COc2ccc(Cl)cc2)n1. The Bertz CT molecular complexity index is 1010. The van der Waals surface area contributed by atoms with E-state index in [1.165, 1.54) is 11.3 Å². The molecule has 0 saturated carbocycles. The molecule has 4 rings (SSSR count). The summed E-state index contributed by atoms with van der Waals surface area (Å²) in [5, 5.41) is 3.14. The molecule has 6 nitrogen and oxygen atoms in total. The van der Waals surface area contributed by atoms with Gasteiger partial charge in [0.05, 0.1) is 0 Å². The largest absolute Gasteiger partial charge is 0.486 e. The number of thiazole rings is 1. The fraction of sp³-hybridized carbons (Fsp3) is 0.238. The van der Waals surface area contributed by atoms with E-state index >= 15 is 0 Å². The normalized spacial score (nSPS) is 12.5. The highest BCUT2D eigenvalue weighted by molar-refractivity contribution is 7.09. The predicted octanol–water partition coefficient (Wildman–Crippen LogP) is 4.42. The Morgan fingerprint density at radius 1 is 1.17 bits per heavy atom. The molecule has 0 radical (unpaired) electrons. The highest BCUT2D eigenvalue weighted by Gasteiger charge is 2.18. The van der Waals surface area contributed by atoms with Gasteiger partial charge in [-0.15, -0.1) is 11.3 Å². The number of ether oxygens (including phenoxy) is 3. The van der Waals surface area contributed by atoms with Crippen molar-refractivity contribution < 1.29 is 19.0 Å². The predicted molar refractivity (Wildman–Crippen MR) is 111 cm³/mol. The van der Waals surface area contributed by atoms with Gasteiger partial charge in [0.1, 0.15) is 36.3 Å². The number of hydrogen-bond acceptors (Lipinski definition) is 6. The molecule has 1 aliphatic rings. The van der Waals surface area contributed by atoms with Gasteiger partial charge in [0.15, 0.2) is 11.5 Å². The maximum atomic E-state index is 12.7. The Morgan fingerprint density at radius 3 is 2.72 bits per heavy atom. The number of nitrogens with zero attached hydrogens (tertiary/aromatic N) is 2. The molecule has 0 atom stereocenters. The number of halogens is 1. The summed E-state index contributed by atoms with van der Waals surface area (Å²) in [5.74, 6) is 2.01. The number of rotatable bonds is 6. The van der Waals surface area contributed by atoms with Gasteiger partial charge in [0.25, 0.3) is 5.91 Å². The number of amides is 1. The van der Waals surface area contributed by atoms with Gasteiger partial charge in [-0.25, -0.2) is 4.98 Å². The van der Waals surface area contributed by atoms with Gasteiger partial charge in [-0.2, -0.15) is 0 Å². The van der Waals surface area contributed by atoms with E-state index in [2.05, 4.69) is 4.98 Å². The van der Waals surface area contributed by atoms with Gasteiger partial charge in [0.2, 0.25) is 0 Å². The molecule has 2 aromatic carbocycles. The van der Waals surface area contributed by atoms with Crippen LogP contribution in [0.25, 0.3) is 0 Å². The van der Waals surface area contributed by atoms with E-state index in [1.807, 2.05) is 18.2 Å². The summed E-state index contributed by atoms with van der Waals surface area (Å²) < 4.78 is 16.8. The third-order valence-corrected chi connectivity index (χ3v) is 5.39. The number of hydrogen-bond donors (Lipinski definition) is 0. The van der Waals surface area contributed by atoms with Crippen molar-refractivity contribution in [3.63, 3.8) is 0 Å². The molecule has 1 aromatic heterocycles. The molecular weight excluding hydrogens is 412 g/mol. The van der Waals surface area contributed by atoms with Gasteiger partial charge in [0, 0.05) is 24.0 Å². The Hall–Kier alpha value is -2.77. The van der Waals surface area contributed by atoms with Gasteiger partial charge < -0.3 is 19.1 Å². The van der Waals surface area contributed by atoms with Crippen LogP contribution in [0.3, 0.4) is 0 Å². The first-order valence-electron chi connectivity index (χ1n) is 9.05. The van der Waals surface area contributed by atoms with E-state index in [-0.39, 0.29) is 5.91 Å². The molecule has 0 fully saturated rings. The van der Waals surface area contributed by atoms with Gasteiger partial charge >= 0.3 is 0 Å². The van der Waals surface area contributed by atoms with Crippen LogP contribution in [0.1, 0.15) is 21.1 Å². The van der Waals surface area contributed by atoms with Crippen LogP contribution in [0, 0.1) is 0 Å². The van der Waals surface area contributed by atoms with Crippen LogP contribution in [-0.4, -0.2) is 36.1 Å². The van der Waals surface area contributed by atoms with Gasteiger partial charge in [-0.3, -0.25) is 4.79 Å². The van der Waals surface area contributed by atoms with Crippen LogP contribution in [0.5, 0.6) is 17.2 Å². The van der Waals surface area contributed by atoms with Crippen molar-refractivity contribution in [2.75, 3.05) is 20.3 Å². The molecule has 0 bridgehead atoms.